The summed E-state index contributed by atoms with van der Waals surface area (Å²) in [6.07, 6.45) is 3.63. The van der Waals surface area contributed by atoms with Crippen LogP contribution in [0.1, 0.15) is 5.69 Å². The van der Waals surface area contributed by atoms with Crippen LogP contribution >= 0.6 is 0 Å². The third-order valence-corrected chi connectivity index (χ3v) is 4.94. The summed E-state index contributed by atoms with van der Waals surface area (Å²) in [5, 5.41) is 0. The van der Waals surface area contributed by atoms with Gasteiger partial charge in [-0.05, 0) is 24.3 Å². The van der Waals surface area contributed by atoms with Crippen LogP contribution in [0.15, 0.2) is 53.7 Å². The summed E-state index contributed by atoms with van der Waals surface area (Å²) in [7, 11) is -0.881. The zero-order valence-corrected chi connectivity index (χ0v) is 14.1. The first-order valence-electron chi connectivity index (χ1n) is 7.18. The standard InChI is InChI=1S/C16H17N3O4S/c1-22-13-6-7-14(23-2)15(9-13)24(20,21)17-10-12-11-19-8-4-3-5-16(19)18-12/h3-9,11,17H,10H2,1-2H3. The molecule has 8 heteroatoms. The van der Waals surface area contributed by atoms with Gasteiger partial charge in [-0.25, -0.2) is 18.1 Å². The van der Waals surface area contributed by atoms with Gasteiger partial charge in [0.1, 0.15) is 22.0 Å². The second kappa shape index (κ2) is 6.50. The van der Waals surface area contributed by atoms with Gasteiger partial charge in [-0.1, -0.05) is 6.07 Å². The summed E-state index contributed by atoms with van der Waals surface area (Å²) in [4.78, 5) is 4.39. The van der Waals surface area contributed by atoms with Crippen molar-refractivity contribution in [3.63, 3.8) is 0 Å². The van der Waals surface area contributed by atoms with Gasteiger partial charge in [-0.2, -0.15) is 0 Å². The Morgan fingerprint density at radius 1 is 1.17 bits per heavy atom. The van der Waals surface area contributed by atoms with Crippen LogP contribution in [0, 0.1) is 0 Å². The van der Waals surface area contributed by atoms with Crippen LogP contribution in [0.25, 0.3) is 5.65 Å². The van der Waals surface area contributed by atoms with Crippen LogP contribution in [0.4, 0.5) is 0 Å². The number of ether oxygens (including phenoxy) is 2. The van der Waals surface area contributed by atoms with E-state index in [0.717, 1.165) is 5.65 Å². The molecule has 3 rings (SSSR count). The molecule has 7 nitrogen and oxygen atoms in total. The van der Waals surface area contributed by atoms with Crippen molar-refractivity contribution in [3.05, 3.63) is 54.5 Å². The molecule has 3 aromatic rings. The summed E-state index contributed by atoms with van der Waals surface area (Å²) in [6.45, 7) is 0.0738. The number of nitrogens with one attached hydrogen (secondary N) is 1. The van der Waals surface area contributed by atoms with E-state index in [-0.39, 0.29) is 17.2 Å². The Labute approximate surface area is 139 Å². The fourth-order valence-corrected chi connectivity index (χ4v) is 3.49. The van der Waals surface area contributed by atoms with Crippen molar-refractivity contribution in [2.75, 3.05) is 14.2 Å². The van der Waals surface area contributed by atoms with E-state index in [1.807, 2.05) is 28.8 Å². The van der Waals surface area contributed by atoms with E-state index in [1.54, 1.807) is 18.3 Å². The topological polar surface area (TPSA) is 81.9 Å². The van der Waals surface area contributed by atoms with Crippen molar-refractivity contribution in [3.8, 4) is 11.5 Å². The number of aromatic nitrogens is 2. The highest BCUT2D eigenvalue weighted by atomic mass is 32.2. The van der Waals surface area contributed by atoms with E-state index in [9.17, 15) is 8.42 Å². The number of methoxy groups -OCH3 is 2. The maximum Gasteiger partial charge on any atom is 0.244 e. The minimum atomic E-state index is -3.78. The van der Waals surface area contributed by atoms with E-state index in [2.05, 4.69) is 9.71 Å². The van der Waals surface area contributed by atoms with E-state index < -0.39 is 10.0 Å². The first-order valence-corrected chi connectivity index (χ1v) is 8.66. The van der Waals surface area contributed by atoms with Crippen molar-refractivity contribution in [1.82, 2.24) is 14.1 Å². The SMILES string of the molecule is COc1ccc(OC)c(S(=O)(=O)NCc2cn3ccccc3n2)c1. The normalized spacial score (nSPS) is 11.6. The lowest BCUT2D eigenvalue weighted by atomic mass is 10.3. The van der Waals surface area contributed by atoms with Crippen LogP contribution in [-0.2, 0) is 16.6 Å². The predicted molar refractivity (Wildman–Crippen MR) is 88.8 cm³/mol. The lowest BCUT2D eigenvalue weighted by Gasteiger charge is -2.11. The number of nitrogens with zero attached hydrogens (tertiary/aromatic N) is 2. The van der Waals surface area contributed by atoms with Gasteiger partial charge in [0, 0.05) is 18.5 Å². The second-order valence-electron chi connectivity index (χ2n) is 5.04. The Balaban J connectivity index is 1.85. The number of rotatable bonds is 6. The first kappa shape index (κ1) is 16.3. The van der Waals surface area contributed by atoms with E-state index in [4.69, 9.17) is 9.47 Å². The molecule has 0 bridgehead atoms. The van der Waals surface area contributed by atoms with Crippen molar-refractivity contribution < 1.29 is 17.9 Å². The van der Waals surface area contributed by atoms with Crippen LogP contribution in [-0.4, -0.2) is 32.0 Å². The number of pyridine rings is 1. The second-order valence-corrected chi connectivity index (χ2v) is 6.78. The molecule has 1 N–H and O–H groups in total. The Morgan fingerprint density at radius 2 is 2.00 bits per heavy atom. The zero-order chi connectivity index (χ0) is 17.2. The number of fused-ring (bicyclic) bond motifs is 1. The summed E-state index contributed by atoms with van der Waals surface area (Å²) in [6, 6.07) is 10.2. The summed E-state index contributed by atoms with van der Waals surface area (Å²) < 4.78 is 39.8. The van der Waals surface area contributed by atoms with E-state index in [1.165, 1.54) is 20.3 Å². The number of benzene rings is 1. The van der Waals surface area contributed by atoms with Crippen molar-refractivity contribution in [2.45, 2.75) is 11.4 Å². The van der Waals surface area contributed by atoms with Crippen LogP contribution in [0.3, 0.4) is 0 Å². The number of hydrogen-bond donors (Lipinski definition) is 1. The molecule has 0 spiro atoms. The molecule has 126 valence electrons. The molecule has 2 heterocycles. The number of imidazole rings is 1. The highest BCUT2D eigenvalue weighted by molar-refractivity contribution is 7.89. The van der Waals surface area contributed by atoms with Gasteiger partial charge in [0.2, 0.25) is 10.0 Å². The van der Waals surface area contributed by atoms with Crippen LogP contribution in [0.2, 0.25) is 0 Å². The number of sulfonamides is 1. The highest BCUT2D eigenvalue weighted by Crippen LogP contribution is 2.28. The fraction of sp³-hybridized carbons (Fsp3) is 0.188. The van der Waals surface area contributed by atoms with Gasteiger partial charge in [-0.3, -0.25) is 0 Å². The molecule has 2 aromatic heterocycles. The molecule has 0 saturated carbocycles. The lowest BCUT2D eigenvalue weighted by Crippen LogP contribution is -2.24. The van der Waals surface area contributed by atoms with Gasteiger partial charge < -0.3 is 13.9 Å². The van der Waals surface area contributed by atoms with Gasteiger partial charge in [0.05, 0.1) is 26.5 Å². The fourth-order valence-electron chi connectivity index (χ4n) is 2.31. The summed E-state index contributed by atoms with van der Waals surface area (Å²) >= 11 is 0. The van der Waals surface area contributed by atoms with Gasteiger partial charge in [-0.15, -0.1) is 0 Å². The first-order chi connectivity index (χ1) is 11.5. The smallest absolute Gasteiger partial charge is 0.244 e. The lowest BCUT2D eigenvalue weighted by molar-refractivity contribution is 0.392. The molecule has 0 aliphatic heterocycles. The third-order valence-electron chi connectivity index (χ3n) is 3.52. The molecule has 0 aliphatic rings. The molecule has 0 fully saturated rings. The zero-order valence-electron chi connectivity index (χ0n) is 13.3. The van der Waals surface area contributed by atoms with E-state index in [0.29, 0.717) is 11.4 Å². The third kappa shape index (κ3) is 3.19. The monoisotopic (exact) mass is 347 g/mol. The summed E-state index contributed by atoms with van der Waals surface area (Å²) in [5.41, 5.74) is 1.37. The Kier molecular flexibility index (Phi) is 4.41. The quantitative estimate of drug-likeness (QED) is 0.736. The van der Waals surface area contributed by atoms with Crippen molar-refractivity contribution in [2.24, 2.45) is 0 Å². The van der Waals surface area contributed by atoms with Crippen molar-refractivity contribution >= 4 is 15.7 Å². The summed E-state index contributed by atoms with van der Waals surface area (Å²) in [5.74, 6) is 0.683. The van der Waals surface area contributed by atoms with Gasteiger partial charge in [0.25, 0.3) is 0 Å². The molecule has 0 aliphatic carbocycles. The highest BCUT2D eigenvalue weighted by Gasteiger charge is 2.20. The maximum absolute atomic E-state index is 12.6. The molecular formula is C16H17N3O4S. The molecular weight excluding hydrogens is 330 g/mol. The molecule has 24 heavy (non-hydrogen) atoms. The van der Waals surface area contributed by atoms with Gasteiger partial charge >= 0.3 is 0 Å². The maximum atomic E-state index is 12.6. The van der Waals surface area contributed by atoms with Crippen molar-refractivity contribution in [1.29, 1.82) is 0 Å². The Hall–Kier alpha value is -2.58. The van der Waals surface area contributed by atoms with Gasteiger partial charge in [0.15, 0.2) is 0 Å². The number of hydrogen-bond acceptors (Lipinski definition) is 5. The van der Waals surface area contributed by atoms with Crippen LogP contribution in [0.5, 0.6) is 11.5 Å². The molecule has 0 atom stereocenters. The molecule has 0 radical (unpaired) electrons. The average Bonchev–Trinajstić information content (AvgIpc) is 3.02. The minimum absolute atomic E-state index is 0.0214. The van der Waals surface area contributed by atoms with Crippen LogP contribution < -0.4 is 14.2 Å². The molecule has 1 aromatic carbocycles. The largest absolute Gasteiger partial charge is 0.497 e. The average molecular weight is 347 g/mol. The Bertz CT molecular complexity index is 933. The molecule has 0 saturated heterocycles. The minimum Gasteiger partial charge on any atom is -0.497 e. The molecule has 0 amide bonds. The predicted octanol–water partition coefficient (Wildman–Crippen LogP) is 1.83. The molecule has 0 unspecified atom stereocenters. The van der Waals surface area contributed by atoms with E-state index >= 15 is 0 Å². The Morgan fingerprint density at radius 3 is 2.71 bits per heavy atom.